The second-order valence-electron chi connectivity index (χ2n) is 5.43. The molecule has 0 saturated heterocycles. The molecule has 1 fully saturated rings. The van der Waals surface area contributed by atoms with Gasteiger partial charge in [-0.3, -0.25) is 0 Å². The Morgan fingerprint density at radius 3 is 2.65 bits per heavy atom. The fourth-order valence-corrected chi connectivity index (χ4v) is 2.66. The van der Waals surface area contributed by atoms with Gasteiger partial charge in [0, 0.05) is 19.3 Å². The smallest absolute Gasteiger partial charge is 0.0494 e. The van der Waals surface area contributed by atoms with Crippen molar-refractivity contribution in [1.82, 2.24) is 5.32 Å². The van der Waals surface area contributed by atoms with E-state index in [1.54, 1.807) is 0 Å². The van der Waals surface area contributed by atoms with Crippen LogP contribution in [0.1, 0.15) is 65.2 Å². The molecule has 17 heavy (non-hydrogen) atoms. The van der Waals surface area contributed by atoms with Crippen LogP contribution in [0.5, 0.6) is 0 Å². The molecule has 1 aliphatic rings. The van der Waals surface area contributed by atoms with E-state index in [4.69, 9.17) is 4.74 Å². The van der Waals surface area contributed by atoms with Crippen molar-refractivity contribution in [3.8, 4) is 0 Å². The van der Waals surface area contributed by atoms with Crippen LogP contribution in [0.4, 0.5) is 0 Å². The van der Waals surface area contributed by atoms with Crippen molar-refractivity contribution in [2.45, 2.75) is 71.3 Å². The van der Waals surface area contributed by atoms with Gasteiger partial charge in [-0.15, -0.1) is 0 Å². The number of nitrogens with one attached hydrogen (secondary N) is 1. The molecule has 0 radical (unpaired) electrons. The minimum absolute atomic E-state index is 0.699. The lowest BCUT2D eigenvalue weighted by Crippen LogP contribution is -2.29. The van der Waals surface area contributed by atoms with Crippen molar-refractivity contribution in [2.75, 3.05) is 19.8 Å². The molecule has 2 heteroatoms. The Morgan fingerprint density at radius 2 is 2.00 bits per heavy atom. The Kier molecular flexibility index (Phi) is 8.72. The molecule has 0 heterocycles. The zero-order valence-electron chi connectivity index (χ0n) is 11.8. The summed E-state index contributed by atoms with van der Waals surface area (Å²) < 4.78 is 5.79. The Morgan fingerprint density at radius 1 is 1.24 bits per heavy atom. The summed E-state index contributed by atoms with van der Waals surface area (Å²) in [6.45, 7) is 7.62. The Bertz CT molecular complexity index is 166. The minimum atomic E-state index is 0.699. The lowest BCUT2D eigenvalue weighted by molar-refractivity contribution is 0.0964. The molecule has 2 nitrogen and oxygen atoms in total. The van der Waals surface area contributed by atoms with Gasteiger partial charge in [-0.1, -0.05) is 26.7 Å². The van der Waals surface area contributed by atoms with E-state index in [0.29, 0.717) is 6.04 Å². The molecule has 0 amide bonds. The van der Waals surface area contributed by atoms with Crippen molar-refractivity contribution in [1.29, 1.82) is 0 Å². The van der Waals surface area contributed by atoms with Crippen LogP contribution in [0.3, 0.4) is 0 Å². The molecule has 1 unspecified atom stereocenters. The van der Waals surface area contributed by atoms with Crippen LogP contribution < -0.4 is 5.32 Å². The molecule has 1 saturated carbocycles. The average molecular weight is 241 g/mol. The first kappa shape index (κ1) is 15.0. The van der Waals surface area contributed by atoms with Crippen LogP contribution in [0.2, 0.25) is 0 Å². The zero-order chi connectivity index (χ0) is 12.3. The Hall–Kier alpha value is -0.0800. The quantitative estimate of drug-likeness (QED) is 0.588. The third-order valence-electron chi connectivity index (χ3n) is 3.85. The van der Waals surface area contributed by atoms with Gasteiger partial charge in [-0.05, 0) is 51.0 Å². The van der Waals surface area contributed by atoms with Crippen molar-refractivity contribution >= 4 is 0 Å². The lowest BCUT2D eigenvalue weighted by Gasteiger charge is -2.16. The van der Waals surface area contributed by atoms with E-state index in [9.17, 15) is 0 Å². The zero-order valence-corrected chi connectivity index (χ0v) is 11.8. The van der Waals surface area contributed by atoms with Crippen molar-refractivity contribution in [2.24, 2.45) is 5.92 Å². The molecular formula is C15H31NO. The molecule has 1 aliphatic carbocycles. The standard InChI is InChI=1S/C15H31NO/c1-3-11-16-15(4-2)10-7-12-17-13-14-8-5-6-9-14/h14-16H,3-13H2,1-2H3. The van der Waals surface area contributed by atoms with Crippen molar-refractivity contribution in [3.63, 3.8) is 0 Å². The van der Waals surface area contributed by atoms with Crippen LogP contribution in [-0.4, -0.2) is 25.8 Å². The Balaban J connectivity index is 1.90. The van der Waals surface area contributed by atoms with Gasteiger partial charge in [0.1, 0.15) is 0 Å². The van der Waals surface area contributed by atoms with Crippen LogP contribution in [0, 0.1) is 5.92 Å². The number of hydrogen-bond acceptors (Lipinski definition) is 2. The summed E-state index contributed by atoms with van der Waals surface area (Å²) in [6, 6.07) is 0.699. The first-order valence-electron chi connectivity index (χ1n) is 7.68. The first-order chi connectivity index (χ1) is 8.36. The van der Waals surface area contributed by atoms with E-state index >= 15 is 0 Å². The Labute approximate surface area is 108 Å². The lowest BCUT2D eigenvalue weighted by atomic mass is 10.1. The van der Waals surface area contributed by atoms with Gasteiger partial charge in [0.05, 0.1) is 0 Å². The molecule has 0 spiro atoms. The third kappa shape index (κ3) is 7.05. The molecule has 0 aromatic heterocycles. The molecular weight excluding hydrogens is 210 g/mol. The van der Waals surface area contributed by atoms with Gasteiger partial charge in [0.2, 0.25) is 0 Å². The van der Waals surface area contributed by atoms with Crippen LogP contribution in [0.25, 0.3) is 0 Å². The summed E-state index contributed by atoms with van der Waals surface area (Å²) in [4.78, 5) is 0. The van der Waals surface area contributed by atoms with E-state index < -0.39 is 0 Å². The summed E-state index contributed by atoms with van der Waals surface area (Å²) in [5.74, 6) is 0.871. The van der Waals surface area contributed by atoms with Crippen molar-refractivity contribution < 1.29 is 4.74 Å². The summed E-state index contributed by atoms with van der Waals surface area (Å²) in [7, 11) is 0. The number of rotatable bonds is 10. The van der Waals surface area contributed by atoms with E-state index in [2.05, 4.69) is 19.2 Å². The van der Waals surface area contributed by atoms with E-state index in [-0.39, 0.29) is 0 Å². The van der Waals surface area contributed by atoms with Gasteiger partial charge in [0.25, 0.3) is 0 Å². The fourth-order valence-electron chi connectivity index (χ4n) is 2.66. The maximum Gasteiger partial charge on any atom is 0.0494 e. The molecule has 0 aromatic carbocycles. The first-order valence-corrected chi connectivity index (χ1v) is 7.68. The summed E-state index contributed by atoms with van der Waals surface area (Å²) in [5.41, 5.74) is 0. The average Bonchev–Trinajstić information content (AvgIpc) is 2.85. The van der Waals surface area contributed by atoms with Gasteiger partial charge in [-0.2, -0.15) is 0 Å². The van der Waals surface area contributed by atoms with Gasteiger partial charge >= 0.3 is 0 Å². The maximum absolute atomic E-state index is 5.79. The molecule has 1 rings (SSSR count). The highest BCUT2D eigenvalue weighted by Gasteiger charge is 2.14. The van der Waals surface area contributed by atoms with Gasteiger partial charge in [0.15, 0.2) is 0 Å². The van der Waals surface area contributed by atoms with Gasteiger partial charge < -0.3 is 10.1 Å². The monoisotopic (exact) mass is 241 g/mol. The van der Waals surface area contributed by atoms with E-state index in [1.165, 1.54) is 51.4 Å². The maximum atomic E-state index is 5.79. The third-order valence-corrected chi connectivity index (χ3v) is 3.85. The molecule has 0 bridgehead atoms. The molecule has 102 valence electrons. The molecule has 0 aromatic rings. The topological polar surface area (TPSA) is 21.3 Å². The van der Waals surface area contributed by atoms with Crippen LogP contribution in [-0.2, 0) is 4.74 Å². The highest BCUT2D eigenvalue weighted by Crippen LogP contribution is 2.24. The largest absolute Gasteiger partial charge is 0.381 e. The van der Waals surface area contributed by atoms with E-state index in [0.717, 1.165) is 25.7 Å². The number of hydrogen-bond donors (Lipinski definition) is 1. The molecule has 1 atom stereocenters. The van der Waals surface area contributed by atoms with Gasteiger partial charge in [-0.25, -0.2) is 0 Å². The predicted molar refractivity (Wildman–Crippen MR) is 74.4 cm³/mol. The SMILES string of the molecule is CCCNC(CC)CCCOCC1CCCC1. The molecule has 0 aliphatic heterocycles. The highest BCUT2D eigenvalue weighted by molar-refractivity contribution is 4.67. The van der Waals surface area contributed by atoms with Crippen LogP contribution in [0.15, 0.2) is 0 Å². The minimum Gasteiger partial charge on any atom is -0.381 e. The summed E-state index contributed by atoms with van der Waals surface area (Å²) in [5, 5.41) is 3.60. The molecule has 1 N–H and O–H groups in total. The normalized spacial score (nSPS) is 18.7. The van der Waals surface area contributed by atoms with Crippen molar-refractivity contribution in [3.05, 3.63) is 0 Å². The summed E-state index contributed by atoms with van der Waals surface area (Å²) in [6.07, 6.45) is 10.6. The fraction of sp³-hybridized carbons (Fsp3) is 1.00. The second-order valence-corrected chi connectivity index (χ2v) is 5.43. The van der Waals surface area contributed by atoms with Crippen LogP contribution >= 0.6 is 0 Å². The van der Waals surface area contributed by atoms with E-state index in [1.807, 2.05) is 0 Å². The number of ether oxygens (including phenoxy) is 1. The predicted octanol–water partition coefficient (Wildman–Crippen LogP) is 3.75. The summed E-state index contributed by atoms with van der Waals surface area (Å²) >= 11 is 0. The highest BCUT2D eigenvalue weighted by atomic mass is 16.5. The second kappa shape index (κ2) is 9.90.